The van der Waals surface area contributed by atoms with E-state index in [-0.39, 0.29) is 56.1 Å². The molecule has 0 fully saturated rings. The van der Waals surface area contributed by atoms with Gasteiger partial charge in [-0.25, -0.2) is 0 Å². The van der Waals surface area contributed by atoms with E-state index >= 15 is 0 Å². The SMILES string of the molecule is C=CC1=NN(c2ccc(Cl)cc2)C(=O)/C1=C\c1c(O)c(O)c(C(C)C)c2cc(C)c(-c3c(C)cc4c(C(C)C)c(O)c(O)c(C=O)c4c3O)c(O)c12. The molecule has 1 aliphatic heterocycles. The average molecular weight is 721 g/mol. The molecule has 0 saturated heterocycles. The van der Waals surface area contributed by atoms with Crippen LogP contribution in [0, 0.1) is 13.8 Å². The number of aryl methyl sites for hydroxylation is 2. The standard InChI is InChI=1S/C41H37ClN2O8/c1-8-28-23(41(52)44(43-28)22-11-9-21(42)10-12-22)15-26-33-24(29(17(2)3)39(50)35(26)46)13-19(6)31(37(33)48)32-20(7)14-25-30(18(4)5)40(51)36(47)27(16-45)34(25)38(32)49/h8-18,46-51H,1H2,2-7H3/b23-15-. The number of nitrogens with zero attached hydrogens (tertiary/aromatic N) is 2. The molecule has 0 spiro atoms. The summed E-state index contributed by atoms with van der Waals surface area (Å²) >= 11 is 6.05. The second kappa shape index (κ2) is 13.0. The highest BCUT2D eigenvalue weighted by molar-refractivity contribution is 6.36. The minimum atomic E-state index is -0.680. The molecule has 0 bridgehead atoms. The van der Waals surface area contributed by atoms with Gasteiger partial charge in [-0.1, -0.05) is 58.0 Å². The maximum Gasteiger partial charge on any atom is 0.281 e. The largest absolute Gasteiger partial charge is 0.507 e. The number of benzene rings is 5. The first-order valence-electron chi connectivity index (χ1n) is 16.5. The van der Waals surface area contributed by atoms with Crippen molar-refractivity contribution in [1.29, 1.82) is 0 Å². The maximum atomic E-state index is 13.9. The predicted molar refractivity (Wildman–Crippen MR) is 204 cm³/mol. The summed E-state index contributed by atoms with van der Waals surface area (Å²) in [6, 6.07) is 9.82. The molecular formula is C41H37ClN2O8. The smallest absolute Gasteiger partial charge is 0.281 e. The number of allylic oxidation sites excluding steroid dienone is 1. The molecule has 0 radical (unpaired) electrons. The maximum absolute atomic E-state index is 13.9. The molecule has 5 aromatic carbocycles. The molecule has 6 rings (SSSR count). The van der Waals surface area contributed by atoms with Gasteiger partial charge < -0.3 is 30.6 Å². The van der Waals surface area contributed by atoms with E-state index in [4.69, 9.17) is 11.6 Å². The highest BCUT2D eigenvalue weighted by Crippen LogP contribution is 2.55. The molecule has 11 heteroatoms. The Labute approximate surface area is 304 Å². The number of aromatic hydroxyl groups is 6. The van der Waals surface area contributed by atoms with Gasteiger partial charge in [-0.2, -0.15) is 10.1 Å². The van der Waals surface area contributed by atoms with Crippen LogP contribution in [0.25, 0.3) is 38.7 Å². The summed E-state index contributed by atoms with van der Waals surface area (Å²) in [6.07, 6.45) is 3.04. The van der Waals surface area contributed by atoms with Crippen molar-refractivity contribution in [1.82, 2.24) is 0 Å². The molecule has 0 aliphatic carbocycles. The van der Waals surface area contributed by atoms with E-state index in [0.29, 0.717) is 50.0 Å². The summed E-state index contributed by atoms with van der Waals surface area (Å²) in [7, 11) is 0. The van der Waals surface area contributed by atoms with Crippen LogP contribution in [-0.4, -0.2) is 48.5 Å². The number of hydrazone groups is 1. The lowest BCUT2D eigenvalue weighted by molar-refractivity contribution is -0.114. The highest BCUT2D eigenvalue weighted by atomic mass is 35.5. The van der Waals surface area contributed by atoms with Gasteiger partial charge >= 0.3 is 0 Å². The lowest BCUT2D eigenvalue weighted by Gasteiger charge is -2.23. The second-order valence-corrected chi connectivity index (χ2v) is 13.9. The van der Waals surface area contributed by atoms with Crippen LogP contribution in [0.4, 0.5) is 5.69 Å². The van der Waals surface area contributed by atoms with Crippen molar-refractivity contribution < 1.29 is 40.2 Å². The quantitative estimate of drug-likeness (QED) is 0.0549. The first-order valence-corrected chi connectivity index (χ1v) is 16.9. The van der Waals surface area contributed by atoms with Crippen LogP contribution >= 0.6 is 11.6 Å². The Balaban J connectivity index is 1.72. The van der Waals surface area contributed by atoms with E-state index in [1.54, 1.807) is 64.1 Å². The summed E-state index contributed by atoms with van der Waals surface area (Å²) in [5.74, 6) is -4.22. The summed E-state index contributed by atoms with van der Waals surface area (Å²) in [4.78, 5) is 26.2. The van der Waals surface area contributed by atoms with Crippen LogP contribution in [0.1, 0.15) is 77.7 Å². The minimum Gasteiger partial charge on any atom is -0.507 e. The fraction of sp³-hybridized carbons (Fsp3) is 0.195. The number of aldehydes is 1. The second-order valence-electron chi connectivity index (χ2n) is 13.5. The number of phenols is 6. The Hall–Kier alpha value is -6.00. The highest BCUT2D eigenvalue weighted by Gasteiger charge is 2.33. The van der Waals surface area contributed by atoms with Crippen molar-refractivity contribution in [3.05, 3.63) is 93.0 Å². The van der Waals surface area contributed by atoms with Gasteiger partial charge in [0, 0.05) is 43.6 Å². The Morgan fingerprint density at radius 1 is 0.731 bits per heavy atom. The van der Waals surface area contributed by atoms with E-state index in [1.165, 1.54) is 12.2 Å². The lowest BCUT2D eigenvalue weighted by Crippen LogP contribution is -2.21. The van der Waals surface area contributed by atoms with Gasteiger partial charge in [-0.05, 0) is 84.0 Å². The zero-order chi connectivity index (χ0) is 38.1. The Morgan fingerprint density at radius 2 is 1.19 bits per heavy atom. The van der Waals surface area contributed by atoms with E-state index in [0.717, 1.165) is 5.01 Å². The topological polar surface area (TPSA) is 171 Å². The van der Waals surface area contributed by atoms with E-state index in [1.807, 2.05) is 13.8 Å². The number of rotatable bonds is 7. The van der Waals surface area contributed by atoms with Crippen molar-refractivity contribution in [3.63, 3.8) is 0 Å². The molecule has 0 unspecified atom stereocenters. The number of amides is 1. The Bertz CT molecular complexity index is 2460. The molecule has 10 nitrogen and oxygen atoms in total. The van der Waals surface area contributed by atoms with Gasteiger partial charge in [0.1, 0.15) is 11.5 Å². The van der Waals surface area contributed by atoms with E-state index in [2.05, 4.69) is 11.7 Å². The molecule has 1 heterocycles. The normalized spacial score (nSPS) is 14.0. The monoisotopic (exact) mass is 720 g/mol. The summed E-state index contributed by atoms with van der Waals surface area (Å²) in [5.41, 5.74) is 2.03. The number of halogens is 1. The van der Waals surface area contributed by atoms with Crippen molar-refractivity contribution in [3.8, 4) is 45.6 Å². The molecule has 52 heavy (non-hydrogen) atoms. The molecule has 0 saturated carbocycles. The molecule has 1 amide bonds. The third kappa shape index (κ3) is 5.29. The van der Waals surface area contributed by atoms with E-state index < -0.39 is 40.4 Å². The molecule has 0 atom stereocenters. The molecule has 1 aliphatic rings. The number of carbonyl (C=O) groups is 2. The van der Waals surface area contributed by atoms with Crippen LogP contribution in [0.15, 0.2) is 59.7 Å². The van der Waals surface area contributed by atoms with Crippen LogP contribution < -0.4 is 5.01 Å². The van der Waals surface area contributed by atoms with Crippen LogP contribution in [0.3, 0.4) is 0 Å². The van der Waals surface area contributed by atoms with Crippen LogP contribution in [-0.2, 0) is 4.79 Å². The first kappa shape index (κ1) is 35.8. The minimum absolute atomic E-state index is 0.0108. The van der Waals surface area contributed by atoms with Gasteiger partial charge in [0.05, 0.1) is 22.5 Å². The number of anilines is 1. The lowest BCUT2D eigenvalue weighted by atomic mass is 9.83. The van der Waals surface area contributed by atoms with Gasteiger partial charge in [0.25, 0.3) is 5.91 Å². The van der Waals surface area contributed by atoms with Gasteiger partial charge in [-0.3, -0.25) is 9.59 Å². The Morgan fingerprint density at radius 3 is 1.63 bits per heavy atom. The van der Waals surface area contributed by atoms with Gasteiger partial charge in [-0.15, -0.1) is 0 Å². The first-order chi connectivity index (χ1) is 24.5. The molecular weight excluding hydrogens is 684 g/mol. The Kier molecular flexibility index (Phi) is 8.92. The summed E-state index contributed by atoms with van der Waals surface area (Å²) in [6.45, 7) is 14.4. The molecule has 266 valence electrons. The van der Waals surface area contributed by atoms with Gasteiger partial charge in [0.2, 0.25) is 0 Å². The van der Waals surface area contributed by atoms with Crippen LogP contribution in [0.2, 0.25) is 5.02 Å². The van der Waals surface area contributed by atoms with Crippen molar-refractivity contribution in [2.24, 2.45) is 5.10 Å². The summed E-state index contributed by atoms with van der Waals surface area (Å²) < 4.78 is 0. The number of hydrogen-bond donors (Lipinski definition) is 6. The predicted octanol–water partition coefficient (Wildman–Crippen LogP) is 9.20. The fourth-order valence-corrected chi connectivity index (χ4v) is 7.37. The summed E-state index contributed by atoms with van der Waals surface area (Å²) in [5, 5.41) is 75.8. The third-order valence-corrected chi connectivity index (χ3v) is 9.82. The number of carbonyl (C=O) groups excluding carboxylic acids is 2. The van der Waals surface area contributed by atoms with Crippen molar-refractivity contribution in [2.45, 2.75) is 53.4 Å². The number of fused-ring (bicyclic) bond motifs is 2. The average Bonchev–Trinajstić information content (AvgIpc) is 3.40. The van der Waals surface area contributed by atoms with E-state index in [9.17, 15) is 40.2 Å². The van der Waals surface area contributed by atoms with Crippen molar-refractivity contribution in [2.75, 3.05) is 5.01 Å². The molecule has 6 N–H and O–H groups in total. The molecule has 5 aromatic rings. The fourth-order valence-electron chi connectivity index (χ4n) is 7.25. The number of phenolic OH excluding ortho intramolecular Hbond substituents is 6. The zero-order valence-corrected chi connectivity index (χ0v) is 30.1. The van der Waals surface area contributed by atoms with Crippen molar-refractivity contribution >= 4 is 62.8 Å². The third-order valence-electron chi connectivity index (χ3n) is 9.57. The zero-order valence-electron chi connectivity index (χ0n) is 29.3. The molecule has 0 aromatic heterocycles. The number of hydrogen-bond acceptors (Lipinski definition) is 9. The van der Waals surface area contributed by atoms with Crippen LogP contribution in [0.5, 0.6) is 34.5 Å². The van der Waals surface area contributed by atoms with Gasteiger partial charge in [0.15, 0.2) is 29.3 Å².